The Kier molecular flexibility index (Phi) is 10.0. The summed E-state index contributed by atoms with van der Waals surface area (Å²) >= 11 is 0. The molecular formula is C34H46N2O6. The van der Waals surface area contributed by atoms with E-state index in [9.17, 15) is 14.4 Å². The Morgan fingerprint density at radius 3 is 2.26 bits per heavy atom. The van der Waals surface area contributed by atoms with Crippen LogP contribution >= 0.6 is 0 Å². The van der Waals surface area contributed by atoms with Gasteiger partial charge in [0.05, 0.1) is 5.92 Å². The number of hydrogen-bond acceptors (Lipinski definition) is 6. The molecule has 2 aromatic rings. The van der Waals surface area contributed by atoms with Crippen molar-refractivity contribution in [2.24, 2.45) is 5.92 Å². The van der Waals surface area contributed by atoms with Crippen molar-refractivity contribution in [1.82, 2.24) is 9.88 Å². The number of esters is 2. The van der Waals surface area contributed by atoms with Gasteiger partial charge >= 0.3 is 17.9 Å². The zero-order valence-corrected chi connectivity index (χ0v) is 25.1. The van der Waals surface area contributed by atoms with E-state index in [0.29, 0.717) is 18.0 Å². The molecule has 3 fully saturated rings. The number of carboxylic acid groups (broad SMARTS) is 1. The second-order valence-electron chi connectivity index (χ2n) is 12.7. The lowest BCUT2D eigenvalue weighted by molar-refractivity contribution is -0.156. The molecule has 0 radical (unpaired) electrons. The van der Waals surface area contributed by atoms with Crippen LogP contribution in [0.25, 0.3) is 10.9 Å². The third kappa shape index (κ3) is 7.25. The van der Waals surface area contributed by atoms with Crippen molar-refractivity contribution >= 4 is 28.8 Å². The van der Waals surface area contributed by atoms with Crippen molar-refractivity contribution < 1.29 is 29.0 Å². The van der Waals surface area contributed by atoms with Gasteiger partial charge < -0.3 is 24.5 Å². The summed E-state index contributed by atoms with van der Waals surface area (Å²) in [6.45, 7) is 5.25. The number of piperidine rings is 1. The SMILES string of the molecule is CC(C)n1cc2c3c(cccc31)[C@H]1C[C@@H](C(=O)OC3CCCCC3)CN[C@@H]1C2.O=C(O)/C=C\C(=O)OC1CCCCC1. The lowest BCUT2D eigenvalue weighted by Gasteiger charge is -2.40. The fourth-order valence-corrected chi connectivity index (χ4v) is 7.25. The standard InChI is InChI=1S/C24H32N2O2.C10H14O4/c1-15(2)26-14-17-12-21-20(19-9-6-10-22(26)23(17)19)11-16(13-25-21)24(27)28-18-7-4-3-5-8-18;11-9(12)6-7-10(13)14-8-4-2-1-3-5-8/h6,9-10,14-16,18,20-21,25H,3-5,7-8,11-13H2,1-2H3;6-8H,1-5H2,(H,11,12)/b;7-6-/t16-,20-,21-;/m1./s1. The van der Waals surface area contributed by atoms with Gasteiger partial charge in [-0.3, -0.25) is 4.79 Å². The minimum Gasteiger partial charge on any atom is -0.478 e. The topological polar surface area (TPSA) is 107 Å². The normalized spacial score (nSPS) is 24.6. The van der Waals surface area contributed by atoms with Crippen molar-refractivity contribution in [2.45, 2.75) is 121 Å². The number of fused-ring (bicyclic) bond motifs is 2. The average Bonchev–Trinajstić information content (AvgIpc) is 3.37. The van der Waals surface area contributed by atoms with E-state index in [1.165, 1.54) is 47.7 Å². The molecule has 0 amide bonds. The quantitative estimate of drug-likeness (QED) is 0.310. The van der Waals surface area contributed by atoms with Crippen LogP contribution in [-0.4, -0.2) is 52.4 Å². The number of nitrogens with one attached hydrogen (secondary N) is 1. The van der Waals surface area contributed by atoms with Crippen LogP contribution < -0.4 is 5.32 Å². The second-order valence-corrected chi connectivity index (χ2v) is 12.7. The zero-order valence-electron chi connectivity index (χ0n) is 25.1. The molecule has 3 atom stereocenters. The molecule has 2 saturated carbocycles. The molecule has 8 nitrogen and oxygen atoms in total. The maximum absolute atomic E-state index is 12.9. The van der Waals surface area contributed by atoms with Gasteiger partial charge in [0.2, 0.25) is 0 Å². The van der Waals surface area contributed by atoms with Gasteiger partial charge in [-0.25, -0.2) is 9.59 Å². The molecule has 4 aliphatic rings. The first-order valence-electron chi connectivity index (χ1n) is 16.0. The predicted molar refractivity (Wildman–Crippen MR) is 161 cm³/mol. The van der Waals surface area contributed by atoms with Gasteiger partial charge in [0.25, 0.3) is 0 Å². The molecule has 8 heteroatoms. The maximum atomic E-state index is 12.9. The van der Waals surface area contributed by atoms with E-state index in [4.69, 9.17) is 14.6 Å². The number of carbonyl (C=O) groups is 3. The lowest BCUT2D eigenvalue weighted by Crippen LogP contribution is -2.49. The minimum atomic E-state index is -1.13. The summed E-state index contributed by atoms with van der Waals surface area (Å²) in [7, 11) is 0. The molecule has 2 N–H and O–H groups in total. The summed E-state index contributed by atoms with van der Waals surface area (Å²) in [5.74, 6) is -1.29. The van der Waals surface area contributed by atoms with Gasteiger partial charge in [0.15, 0.2) is 0 Å². The monoisotopic (exact) mass is 578 g/mol. The van der Waals surface area contributed by atoms with Crippen LogP contribution in [0.5, 0.6) is 0 Å². The van der Waals surface area contributed by atoms with Crippen LogP contribution in [0.15, 0.2) is 36.5 Å². The Balaban J connectivity index is 0.000000214. The largest absolute Gasteiger partial charge is 0.478 e. The smallest absolute Gasteiger partial charge is 0.331 e. The van der Waals surface area contributed by atoms with Crippen LogP contribution in [0.3, 0.4) is 0 Å². The van der Waals surface area contributed by atoms with Crippen LogP contribution in [0.4, 0.5) is 0 Å². The van der Waals surface area contributed by atoms with E-state index in [2.05, 4.69) is 48.1 Å². The average molecular weight is 579 g/mol. The molecule has 0 unspecified atom stereocenters. The molecule has 0 spiro atoms. The van der Waals surface area contributed by atoms with Crippen molar-refractivity contribution in [3.05, 3.63) is 47.7 Å². The molecule has 1 saturated heterocycles. The number of nitrogens with zero attached hydrogens (tertiary/aromatic N) is 1. The van der Waals surface area contributed by atoms with Gasteiger partial charge in [-0.05, 0) is 95.2 Å². The van der Waals surface area contributed by atoms with E-state index >= 15 is 0 Å². The summed E-state index contributed by atoms with van der Waals surface area (Å²) < 4.78 is 13.4. The number of rotatable bonds is 6. The molecule has 3 aliphatic carbocycles. The van der Waals surface area contributed by atoms with Crippen molar-refractivity contribution in [1.29, 1.82) is 0 Å². The summed E-state index contributed by atoms with van der Waals surface area (Å²) in [4.78, 5) is 34.0. The van der Waals surface area contributed by atoms with E-state index < -0.39 is 11.9 Å². The Morgan fingerprint density at radius 1 is 0.952 bits per heavy atom. The first kappa shape index (κ1) is 30.3. The number of carboxylic acids is 1. The number of ether oxygens (including phenoxy) is 2. The third-order valence-corrected chi connectivity index (χ3v) is 9.38. The first-order valence-corrected chi connectivity index (χ1v) is 16.0. The Bertz CT molecular complexity index is 1280. The summed E-state index contributed by atoms with van der Waals surface area (Å²) in [6, 6.07) is 7.60. The summed E-state index contributed by atoms with van der Waals surface area (Å²) in [5, 5.41) is 13.4. The third-order valence-electron chi connectivity index (χ3n) is 9.38. The highest BCUT2D eigenvalue weighted by Gasteiger charge is 2.40. The van der Waals surface area contributed by atoms with E-state index in [1.54, 1.807) is 0 Å². The van der Waals surface area contributed by atoms with Gasteiger partial charge in [-0.1, -0.05) is 25.0 Å². The van der Waals surface area contributed by atoms with E-state index in [0.717, 1.165) is 70.1 Å². The van der Waals surface area contributed by atoms with Gasteiger partial charge in [0.1, 0.15) is 12.2 Å². The Hall–Kier alpha value is -3.13. The number of benzene rings is 1. The molecular weight excluding hydrogens is 532 g/mol. The van der Waals surface area contributed by atoms with Crippen molar-refractivity contribution in [3.63, 3.8) is 0 Å². The second kappa shape index (κ2) is 13.9. The molecule has 1 aliphatic heterocycles. The highest BCUT2D eigenvalue weighted by Crippen LogP contribution is 2.43. The van der Waals surface area contributed by atoms with Crippen LogP contribution in [-0.2, 0) is 30.3 Å². The molecule has 2 heterocycles. The molecule has 228 valence electrons. The van der Waals surface area contributed by atoms with E-state index in [-0.39, 0.29) is 24.1 Å². The van der Waals surface area contributed by atoms with Crippen LogP contribution in [0.1, 0.15) is 108 Å². The first-order chi connectivity index (χ1) is 20.3. The number of aromatic nitrogens is 1. The van der Waals surface area contributed by atoms with Gasteiger partial charge in [0, 0.05) is 53.8 Å². The Morgan fingerprint density at radius 2 is 1.62 bits per heavy atom. The summed E-state index contributed by atoms with van der Waals surface area (Å²) in [6.07, 6.45) is 17.1. The predicted octanol–water partition coefficient (Wildman–Crippen LogP) is 6.22. The molecule has 1 aromatic heterocycles. The fourth-order valence-electron chi connectivity index (χ4n) is 7.25. The van der Waals surface area contributed by atoms with E-state index in [1.807, 2.05) is 0 Å². The molecule has 42 heavy (non-hydrogen) atoms. The zero-order chi connectivity index (χ0) is 29.6. The van der Waals surface area contributed by atoms with Crippen LogP contribution in [0.2, 0.25) is 0 Å². The fraction of sp³-hybridized carbons (Fsp3) is 0.618. The van der Waals surface area contributed by atoms with Gasteiger partial charge in [-0.15, -0.1) is 0 Å². The molecule has 6 rings (SSSR count). The highest BCUT2D eigenvalue weighted by atomic mass is 16.5. The lowest BCUT2D eigenvalue weighted by atomic mass is 9.73. The Labute approximate surface area is 248 Å². The number of hydrogen-bond donors (Lipinski definition) is 2. The van der Waals surface area contributed by atoms with Crippen LogP contribution in [0, 0.1) is 5.92 Å². The highest BCUT2D eigenvalue weighted by molar-refractivity contribution is 5.91. The summed E-state index contributed by atoms with van der Waals surface area (Å²) in [5.41, 5.74) is 4.22. The number of aliphatic carboxylic acids is 1. The minimum absolute atomic E-state index is 0.0188. The molecule has 0 bridgehead atoms. The molecule has 1 aromatic carbocycles. The number of carbonyl (C=O) groups excluding carboxylic acids is 2. The maximum Gasteiger partial charge on any atom is 0.331 e. The van der Waals surface area contributed by atoms with Gasteiger partial charge in [-0.2, -0.15) is 0 Å². The van der Waals surface area contributed by atoms with Crippen molar-refractivity contribution in [2.75, 3.05) is 6.54 Å². The van der Waals surface area contributed by atoms with Crippen molar-refractivity contribution in [3.8, 4) is 0 Å².